The number of aromatic nitrogens is 1. The average molecular weight is 386 g/mol. The number of rotatable bonds is 3. The zero-order valence-corrected chi connectivity index (χ0v) is 16.3. The van der Waals surface area contributed by atoms with Gasteiger partial charge in [0.15, 0.2) is 11.6 Å². The monoisotopic (exact) mass is 386 g/mol. The number of phenolic OH excluding ortho intramolecular Hbond substituents is 1. The Morgan fingerprint density at radius 3 is 2.64 bits per heavy atom. The highest BCUT2D eigenvalue weighted by Crippen LogP contribution is 2.57. The van der Waals surface area contributed by atoms with Crippen LogP contribution in [0, 0.1) is 11.2 Å². The molecule has 2 saturated carbocycles. The van der Waals surface area contributed by atoms with E-state index in [2.05, 4.69) is 11.9 Å². The van der Waals surface area contributed by atoms with E-state index in [4.69, 9.17) is 0 Å². The maximum Gasteiger partial charge on any atom is 0.223 e. The first-order valence-electron chi connectivity index (χ1n) is 10.2. The van der Waals surface area contributed by atoms with Crippen LogP contribution in [0.2, 0.25) is 0 Å². The summed E-state index contributed by atoms with van der Waals surface area (Å²) in [5, 5.41) is 21.5. The first-order chi connectivity index (χ1) is 13.2. The van der Waals surface area contributed by atoms with Crippen molar-refractivity contribution in [2.75, 3.05) is 0 Å². The third-order valence-corrected chi connectivity index (χ3v) is 7.33. The fourth-order valence-corrected chi connectivity index (χ4v) is 6.58. The molecule has 1 amide bonds. The Morgan fingerprint density at radius 2 is 2.00 bits per heavy atom. The molecule has 28 heavy (non-hydrogen) atoms. The highest BCUT2D eigenvalue weighted by Gasteiger charge is 2.59. The maximum atomic E-state index is 13.8. The molecule has 5 nitrogen and oxygen atoms in total. The molecule has 0 spiro atoms. The molecule has 1 aromatic carbocycles. The second-order valence-electron chi connectivity index (χ2n) is 9.80. The fourth-order valence-electron chi connectivity index (χ4n) is 6.58. The Bertz CT molecular complexity index is 932. The summed E-state index contributed by atoms with van der Waals surface area (Å²) in [6, 6.07) is 3.07. The van der Waals surface area contributed by atoms with Crippen LogP contribution in [0.4, 0.5) is 4.39 Å². The molecule has 4 aliphatic rings. The van der Waals surface area contributed by atoms with Gasteiger partial charge in [0.1, 0.15) is 0 Å². The van der Waals surface area contributed by atoms with Gasteiger partial charge in [-0.05, 0) is 61.1 Å². The number of amides is 1. The summed E-state index contributed by atoms with van der Waals surface area (Å²) in [5.41, 5.74) is 0.959. The Morgan fingerprint density at radius 1 is 1.32 bits per heavy atom. The predicted octanol–water partition coefficient (Wildman–Crippen LogP) is 3.80. The van der Waals surface area contributed by atoms with E-state index in [1.165, 1.54) is 6.07 Å². The quantitative estimate of drug-likeness (QED) is 0.751. The van der Waals surface area contributed by atoms with E-state index >= 15 is 0 Å². The molecule has 3 unspecified atom stereocenters. The summed E-state index contributed by atoms with van der Waals surface area (Å²) in [6.07, 6.45) is 6.21. The molecule has 3 atom stereocenters. The number of carbonyl (C=O) groups excluding carboxylic acids is 1. The second kappa shape index (κ2) is 5.72. The number of phenols is 1. The van der Waals surface area contributed by atoms with Crippen molar-refractivity contribution in [2.45, 2.75) is 76.0 Å². The van der Waals surface area contributed by atoms with E-state index in [0.29, 0.717) is 30.2 Å². The molecule has 3 N–H and O–H groups in total. The van der Waals surface area contributed by atoms with Crippen LogP contribution < -0.4 is 0 Å². The van der Waals surface area contributed by atoms with Gasteiger partial charge in [0.25, 0.3) is 0 Å². The predicted molar refractivity (Wildman–Crippen MR) is 104 cm³/mol. The fraction of sp³-hybridized carbons (Fsp3) is 0.591. The summed E-state index contributed by atoms with van der Waals surface area (Å²) < 4.78 is 13.8. The van der Waals surface area contributed by atoms with Gasteiger partial charge in [-0.1, -0.05) is 13.8 Å². The molecule has 2 aliphatic heterocycles. The van der Waals surface area contributed by atoms with Crippen LogP contribution in [-0.2, 0) is 4.79 Å². The van der Waals surface area contributed by atoms with Crippen molar-refractivity contribution in [3.8, 4) is 5.75 Å². The Hall–Kier alpha value is -2.08. The van der Waals surface area contributed by atoms with Gasteiger partial charge in [-0.25, -0.2) is 4.39 Å². The van der Waals surface area contributed by atoms with Crippen molar-refractivity contribution in [1.29, 1.82) is 0 Å². The lowest BCUT2D eigenvalue weighted by Crippen LogP contribution is -2.68. The molecule has 150 valence electrons. The lowest BCUT2D eigenvalue weighted by molar-refractivity contribution is -0.193. The van der Waals surface area contributed by atoms with Gasteiger partial charge in [-0.3, -0.25) is 4.79 Å². The van der Waals surface area contributed by atoms with Gasteiger partial charge in [0.2, 0.25) is 5.91 Å². The zero-order valence-electron chi connectivity index (χ0n) is 16.3. The minimum Gasteiger partial charge on any atom is -0.504 e. The third-order valence-electron chi connectivity index (χ3n) is 7.33. The number of piperidine rings is 2. The molecule has 2 aromatic rings. The number of nitrogens with one attached hydrogen (secondary N) is 1. The minimum atomic E-state index is -0.654. The smallest absolute Gasteiger partial charge is 0.223 e. The highest BCUT2D eigenvalue weighted by molar-refractivity contribution is 5.90. The van der Waals surface area contributed by atoms with Gasteiger partial charge in [-0.2, -0.15) is 0 Å². The van der Waals surface area contributed by atoms with Crippen molar-refractivity contribution >= 4 is 16.8 Å². The van der Waals surface area contributed by atoms with Gasteiger partial charge < -0.3 is 20.1 Å². The summed E-state index contributed by atoms with van der Waals surface area (Å²) in [5.74, 6) is -1.07. The van der Waals surface area contributed by atoms with Gasteiger partial charge >= 0.3 is 0 Å². The Labute approximate surface area is 163 Å². The summed E-state index contributed by atoms with van der Waals surface area (Å²) in [7, 11) is 0. The van der Waals surface area contributed by atoms with Crippen LogP contribution in [0.25, 0.3) is 10.9 Å². The Kier molecular flexibility index (Phi) is 3.67. The largest absolute Gasteiger partial charge is 0.504 e. The summed E-state index contributed by atoms with van der Waals surface area (Å²) in [6.45, 7) is 4.18. The zero-order chi connectivity index (χ0) is 19.8. The number of aromatic amines is 1. The number of hydrogen-bond donors (Lipinski definition) is 3. The summed E-state index contributed by atoms with van der Waals surface area (Å²) in [4.78, 5) is 18.3. The number of hydrogen-bond acceptors (Lipinski definition) is 3. The number of fused-ring (bicyclic) bond motifs is 1. The van der Waals surface area contributed by atoms with E-state index in [9.17, 15) is 19.4 Å². The normalized spacial score (nSPS) is 34.9. The van der Waals surface area contributed by atoms with Crippen LogP contribution >= 0.6 is 0 Å². The molecule has 4 bridgehead atoms. The minimum absolute atomic E-state index is 0.0961. The number of aromatic hydroxyl groups is 1. The van der Waals surface area contributed by atoms with Gasteiger partial charge in [0.05, 0.1) is 5.60 Å². The van der Waals surface area contributed by atoms with E-state index in [0.717, 1.165) is 24.8 Å². The van der Waals surface area contributed by atoms with Crippen LogP contribution in [0.15, 0.2) is 18.3 Å². The molecule has 2 aliphatic carbocycles. The molecule has 6 rings (SSSR count). The van der Waals surface area contributed by atoms with E-state index in [-0.39, 0.29) is 35.1 Å². The van der Waals surface area contributed by atoms with Crippen LogP contribution in [0.1, 0.15) is 63.9 Å². The van der Waals surface area contributed by atoms with E-state index in [1.54, 1.807) is 12.3 Å². The maximum absolute atomic E-state index is 13.8. The Balaban J connectivity index is 1.39. The van der Waals surface area contributed by atoms with Crippen molar-refractivity contribution in [3.63, 3.8) is 0 Å². The number of nitrogens with zero attached hydrogens (tertiary/aromatic N) is 1. The molecule has 4 fully saturated rings. The van der Waals surface area contributed by atoms with Gasteiger partial charge in [-0.15, -0.1) is 0 Å². The van der Waals surface area contributed by atoms with Crippen molar-refractivity contribution in [3.05, 3.63) is 29.7 Å². The molecule has 1 aromatic heterocycles. The molecule has 2 saturated heterocycles. The number of carbonyl (C=O) groups is 1. The first-order valence-corrected chi connectivity index (χ1v) is 10.2. The van der Waals surface area contributed by atoms with Crippen molar-refractivity contribution in [1.82, 2.24) is 9.88 Å². The van der Waals surface area contributed by atoms with Crippen LogP contribution in [0.3, 0.4) is 0 Å². The van der Waals surface area contributed by atoms with E-state index in [1.807, 2.05) is 11.8 Å². The van der Waals surface area contributed by atoms with Crippen molar-refractivity contribution < 1.29 is 19.4 Å². The molecular weight excluding hydrogens is 359 g/mol. The van der Waals surface area contributed by atoms with Crippen LogP contribution in [-0.4, -0.2) is 43.7 Å². The molecular formula is C22H27FN2O3. The second-order valence-corrected chi connectivity index (χ2v) is 9.80. The third kappa shape index (κ3) is 2.57. The molecule has 3 heterocycles. The molecule has 6 heteroatoms. The lowest BCUT2D eigenvalue weighted by atomic mass is 9.54. The first kappa shape index (κ1) is 18.0. The standard InChI is InChI=1S/C22H27FN2O3/c1-12(15-10-24-17-4-3-16(23)20(27)19(15)17)5-18(26)25-13-6-21(2)7-14(25)9-22(28,8-13)11-21/h3-4,10,12-14,24,27-28H,5-9,11H2,1-2H3. The topological polar surface area (TPSA) is 76.6 Å². The average Bonchev–Trinajstić information content (AvgIpc) is 3.00. The highest BCUT2D eigenvalue weighted by atomic mass is 19.1. The van der Waals surface area contributed by atoms with Crippen LogP contribution in [0.5, 0.6) is 5.75 Å². The van der Waals surface area contributed by atoms with E-state index < -0.39 is 11.4 Å². The molecule has 0 radical (unpaired) electrons. The van der Waals surface area contributed by atoms with Gasteiger partial charge in [0, 0.05) is 35.6 Å². The number of aliphatic hydroxyl groups is 1. The number of H-pyrrole nitrogens is 1. The van der Waals surface area contributed by atoms with Crippen molar-refractivity contribution in [2.24, 2.45) is 5.41 Å². The SMILES string of the molecule is CC(CC(=O)N1C2CC3(C)CC1CC(O)(C2)C3)c1c[nH]c2ccc(F)c(O)c12. The number of benzene rings is 1. The number of halogens is 1. The summed E-state index contributed by atoms with van der Waals surface area (Å²) >= 11 is 0. The lowest BCUT2D eigenvalue weighted by Gasteiger charge is -2.63.